The van der Waals surface area contributed by atoms with Gasteiger partial charge in [0.25, 0.3) is 0 Å². The fraction of sp³-hybridized carbons (Fsp3) is 0.318. The van der Waals surface area contributed by atoms with Crippen LogP contribution < -0.4 is 5.32 Å². The highest BCUT2D eigenvalue weighted by Crippen LogP contribution is 2.39. The van der Waals surface area contributed by atoms with Gasteiger partial charge in [-0.1, -0.05) is 29.8 Å². The third kappa shape index (κ3) is 4.39. The minimum Gasteiger partial charge on any atom is -0.315 e. The average molecular weight is 420 g/mol. The van der Waals surface area contributed by atoms with Crippen LogP contribution in [0.3, 0.4) is 0 Å². The summed E-state index contributed by atoms with van der Waals surface area (Å²) in [5.41, 5.74) is 0.762. The second kappa shape index (κ2) is 8.30. The van der Waals surface area contributed by atoms with Gasteiger partial charge >= 0.3 is 6.18 Å². The molecule has 3 aromatic rings. The van der Waals surface area contributed by atoms with Crippen molar-refractivity contribution in [1.82, 2.24) is 15.2 Å². The maximum absolute atomic E-state index is 13.5. The van der Waals surface area contributed by atoms with Crippen molar-refractivity contribution >= 4 is 22.4 Å². The first kappa shape index (κ1) is 20.1. The van der Waals surface area contributed by atoms with Gasteiger partial charge in [-0.2, -0.15) is 13.2 Å². The topological polar surface area (TPSA) is 28.2 Å². The molecule has 1 unspecified atom stereocenters. The Labute approximate surface area is 172 Å². The molecule has 0 saturated carbocycles. The summed E-state index contributed by atoms with van der Waals surface area (Å²) in [5.74, 6) is 0. The minimum atomic E-state index is -4.49. The van der Waals surface area contributed by atoms with Crippen molar-refractivity contribution in [3.8, 4) is 0 Å². The summed E-state index contributed by atoms with van der Waals surface area (Å²) >= 11 is 5.87. The molecule has 0 aliphatic carbocycles. The molecule has 29 heavy (non-hydrogen) atoms. The molecule has 2 aromatic carbocycles. The molecular weight excluding hydrogens is 399 g/mol. The van der Waals surface area contributed by atoms with Gasteiger partial charge in [0.05, 0.1) is 16.6 Å². The van der Waals surface area contributed by atoms with Crippen molar-refractivity contribution in [3.05, 3.63) is 76.6 Å². The van der Waals surface area contributed by atoms with E-state index in [2.05, 4.69) is 15.2 Å². The normalized spacial score (nSPS) is 17.2. The maximum Gasteiger partial charge on any atom is 0.417 e. The van der Waals surface area contributed by atoms with Crippen LogP contribution in [-0.2, 0) is 6.18 Å². The highest BCUT2D eigenvalue weighted by Gasteiger charge is 2.34. The van der Waals surface area contributed by atoms with Crippen LogP contribution in [0.5, 0.6) is 0 Å². The molecule has 1 N–H and O–H groups in total. The summed E-state index contributed by atoms with van der Waals surface area (Å²) in [7, 11) is 0. The van der Waals surface area contributed by atoms with E-state index in [1.165, 1.54) is 12.1 Å². The molecular formula is C22H21ClF3N3. The first-order valence-corrected chi connectivity index (χ1v) is 9.96. The van der Waals surface area contributed by atoms with E-state index in [1.54, 1.807) is 18.5 Å². The number of pyridine rings is 1. The van der Waals surface area contributed by atoms with Crippen molar-refractivity contribution < 1.29 is 13.2 Å². The number of hydrogen-bond acceptors (Lipinski definition) is 3. The molecule has 1 aliphatic rings. The second-order valence-electron chi connectivity index (χ2n) is 7.26. The minimum absolute atomic E-state index is 0.276. The van der Waals surface area contributed by atoms with Gasteiger partial charge in [-0.05, 0) is 53.7 Å². The first-order valence-electron chi connectivity index (χ1n) is 9.58. The van der Waals surface area contributed by atoms with E-state index in [-0.39, 0.29) is 11.1 Å². The molecule has 2 heterocycles. The fourth-order valence-electron chi connectivity index (χ4n) is 3.94. The van der Waals surface area contributed by atoms with Crippen LogP contribution in [0.25, 0.3) is 10.8 Å². The molecule has 1 aromatic heterocycles. The lowest BCUT2D eigenvalue weighted by molar-refractivity contribution is -0.137. The number of halogens is 4. The van der Waals surface area contributed by atoms with Gasteiger partial charge in [-0.25, -0.2) is 0 Å². The Morgan fingerprint density at radius 3 is 2.59 bits per heavy atom. The first-order chi connectivity index (χ1) is 13.9. The van der Waals surface area contributed by atoms with Crippen LogP contribution in [-0.4, -0.2) is 36.1 Å². The van der Waals surface area contributed by atoms with Crippen LogP contribution in [0, 0.1) is 0 Å². The quantitative estimate of drug-likeness (QED) is 0.625. The summed E-state index contributed by atoms with van der Waals surface area (Å²) in [6.45, 7) is 3.26. The summed E-state index contributed by atoms with van der Waals surface area (Å²) in [5, 5.41) is 5.10. The zero-order valence-electron chi connectivity index (χ0n) is 15.7. The van der Waals surface area contributed by atoms with Crippen molar-refractivity contribution in [3.63, 3.8) is 0 Å². The Bertz CT molecular complexity index is 998. The second-order valence-corrected chi connectivity index (χ2v) is 7.67. The number of nitrogens with zero attached hydrogens (tertiary/aromatic N) is 2. The lowest BCUT2D eigenvalue weighted by atomic mass is 9.93. The van der Waals surface area contributed by atoms with Gasteiger partial charge in [0.15, 0.2) is 0 Å². The Hall–Kier alpha value is -2.15. The monoisotopic (exact) mass is 419 g/mol. The van der Waals surface area contributed by atoms with Crippen molar-refractivity contribution in [2.24, 2.45) is 0 Å². The smallest absolute Gasteiger partial charge is 0.315 e. The Morgan fingerprint density at radius 2 is 1.76 bits per heavy atom. The van der Waals surface area contributed by atoms with Crippen molar-refractivity contribution in [1.29, 1.82) is 0 Å². The van der Waals surface area contributed by atoms with Crippen LogP contribution in [0.15, 0.2) is 54.9 Å². The molecule has 1 fully saturated rings. The average Bonchev–Trinajstić information content (AvgIpc) is 2.98. The van der Waals surface area contributed by atoms with Gasteiger partial charge in [-0.3, -0.25) is 9.88 Å². The summed E-state index contributed by atoms with van der Waals surface area (Å²) < 4.78 is 40.5. The number of hydrogen-bond donors (Lipinski definition) is 1. The lowest BCUT2D eigenvalue weighted by Crippen LogP contribution is -2.33. The van der Waals surface area contributed by atoms with E-state index >= 15 is 0 Å². The van der Waals surface area contributed by atoms with Gasteiger partial charge in [0.1, 0.15) is 0 Å². The maximum atomic E-state index is 13.5. The number of aromatic nitrogens is 1. The van der Waals surface area contributed by atoms with E-state index in [9.17, 15) is 13.2 Å². The number of benzene rings is 2. The molecule has 1 atom stereocenters. The Kier molecular flexibility index (Phi) is 5.76. The standard InChI is InChI=1S/C22H21ClF3N3/c23-20-5-4-17(13-19(20)22(24,25)26)21(29-10-1-7-27-9-11-29)16-2-3-18-14-28-8-6-15(18)12-16/h2-6,8,12-14,21,27H,1,7,9-11H2. The predicted octanol–water partition coefficient (Wildman–Crippen LogP) is 5.29. The molecule has 0 amide bonds. The number of alkyl halides is 3. The third-order valence-electron chi connectivity index (χ3n) is 5.33. The van der Waals surface area contributed by atoms with Crippen molar-refractivity contribution in [2.75, 3.05) is 26.2 Å². The van der Waals surface area contributed by atoms with E-state index < -0.39 is 11.7 Å². The molecule has 1 aliphatic heterocycles. The molecule has 4 rings (SSSR count). The molecule has 0 spiro atoms. The van der Waals surface area contributed by atoms with E-state index in [0.29, 0.717) is 5.56 Å². The molecule has 1 saturated heterocycles. The molecule has 0 radical (unpaired) electrons. The Balaban J connectivity index is 1.84. The summed E-state index contributed by atoms with van der Waals surface area (Å²) in [4.78, 5) is 6.38. The van der Waals surface area contributed by atoms with Crippen LogP contribution in [0.2, 0.25) is 5.02 Å². The highest BCUT2D eigenvalue weighted by molar-refractivity contribution is 6.31. The number of nitrogens with one attached hydrogen (secondary N) is 1. The molecule has 0 bridgehead atoms. The zero-order valence-corrected chi connectivity index (χ0v) is 16.5. The SMILES string of the molecule is FC(F)(F)c1cc(C(c2ccc3cnccc3c2)N2CCCNCC2)ccc1Cl. The van der Waals surface area contributed by atoms with Gasteiger partial charge in [0.2, 0.25) is 0 Å². The van der Waals surface area contributed by atoms with Gasteiger partial charge in [-0.15, -0.1) is 0 Å². The van der Waals surface area contributed by atoms with Gasteiger partial charge in [0, 0.05) is 37.4 Å². The predicted molar refractivity (Wildman–Crippen MR) is 109 cm³/mol. The largest absolute Gasteiger partial charge is 0.417 e. The van der Waals surface area contributed by atoms with Crippen LogP contribution in [0.4, 0.5) is 13.2 Å². The number of fused-ring (bicyclic) bond motifs is 1. The number of rotatable bonds is 3. The van der Waals surface area contributed by atoms with Gasteiger partial charge < -0.3 is 5.32 Å². The summed E-state index contributed by atoms with van der Waals surface area (Å²) in [6, 6.07) is 11.9. The van der Waals surface area contributed by atoms with Crippen molar-refractivity contribution in [2.45, 2.75) is 18.6 Å². The highest BCUT2D eigenvalue weighted by atomic mass is 35.5. The van der Waals surface area contributed by atoms with E-state index in [4.69, 9.17) is 11.6 Å². The summed E-state index contributed by atoms with van der Waals surface area (Å²) in [6.07, 6.45) is -0.0458. The van der Waals surface area contributed by atoms with Crippen LogP contribution >= 0.6 is 11.6 Å². The molecule has 152 valence electrons. The lowest BCUT2D eigenvalue weighted by Gasteiger charge is -2.32. The molecule has 3 nitrogen and oxygen atoms in total. The van der Waals surface area contributed by atoms with Crippen LogP contribution in [0.1, 0.15) is 29.2 Å². The van der Waals surface area contributed by atoms with E-state index in [0.717, 1.165) is 48.9 Å². The molecule has 7 heteroatoms. The zero-order chi connectivity index (χ0) is 20.4. The Morgan fingerprint density at radius 1 is 0.966 bits per heavy atom. The third-order valence-corrected chi connectivity index (χ3v) is 5.66. The van der Waals surface area contributed by atoms with E-state index in [1.807, 2.05) is 24.3 Å². The fourth-order valence-corrected chi connectivity index (χ4v) is 4.17.